The number of hydrogen-bond donors (Lipinski definition) is 1. The number of carbonyl (C=O) groups is 1. The maximum absolute atomic E-state index is 12.2. The number of carboxylic acid groups (broad SMARTS) is 1. The molecule has 7 heteroatoms. The van der Waals surface area contributed by atoms with Crippen molar-refractivity contribution in [2.45, 2.75) is 24.3 Å². The Morgan fingerprint density at radius 3 is 2.19 bits per heavy atom. The van der Waals surface area contributed by atoms with E-state index >= 15 is 0 Å². The zero-order valence-electron chi connectivity index (χ0n) is 12.7. The Morgan fingerprint density at radius 1 is 1.24 bits per heavy atom. The number of quaternary nitrogens is 1. The highest BCUT2D eigenvalue weighted by atomic mass is 32.2. The van der Waals surface area contributed by atoms with Crippen LogP contribution in [0, 0.1) is 6.92 Å². The number of aliphatic carboxylic acids is 1. The Labute approximate surface area is 125 Å². The number of benzene rings is 1. The monoisotopic (exact) mass is 316 g/mol. The standard InChI is InChI=1S/C14H21NO5S/c1-11-5-7-13(8-6-11)21(18,19)20-12(9-14(16)17)10-15(2,3)4/h5-8,12H,9-10H2,1-4H3/p+1. The molecule has 0 amide bonds. The molecule has 0 saturated carbocycles. The van der Waals surface area contributed by atoms with Crippen molar-refractivity contribution < 1.29 is 27.0 Å². The summed E-state index contributed by atoms with van der Waals surface area (Å²) in [5.74, 6) is -1.09. The van der Waals surface area contributed by atoms with Crippen molar-refractivity contribution in [2.75, 3.05) is 27.7 Å². The van der Waals surface area contributed by atoms with E-state index in [1.165, 1.54) is 12.1 Å². The molecule has 0 spiro atoms. The van der Waals surface area contributed by atoms with E-state index in [-0.39, 0.29) is 17.9 Å². The van der Waals surface area contributed by atoms with Crippen molar-refractivity contribution in [1.82, 2.24) is 0 Å². The average Bonchev–Trinajstić information content (AvgIpc) is 2.25. The first-order valence-corrected chi connectivity index (χ1v) is 7.93. The fourth-order valence-electron chi connectivity index (χ4n) is 1.87. The summed E-state index contributed by atoms with van der Waals surface area (Å²) >= 11 is 0. The molecule has 0 aliphatic rings. The van der Waals surface area contributed by atoms with Gasteiger partial charge in [-0.3, -0.25) is 8.98 Å². The van der Waals surface area contributed by atoms with Crippen molar-refractivity contribution in [2.24, 2.45) is 0 Å². The molecular weight excluding hydrogens is 294 g/mol. The molecule has 0 aliphatic carbocycles. The summed E-state index contributed by atoms with van der Waals surface area (Å²) in [6, 6.07) is 6.24. The van der Waals surface area contributed by atoms with Crippen LogP contribution in [0.4, 0.5) is 0 Å². The molecule has 0 saturated heterocycles. The van der Waals surface area contributed by atoms with Gasteiger partial charge in [-0.05, 0) is 19.1 Å². The first-order chi connectivity index (χ1) is 9.49. The van der Waals surface area contributed by atoms with Crippen molar-refractivity contribution in [1.29, 1.82) is 0 Å². The molecule has 1 N–H and O–H groups in total. The van der Waals surface area contributed by atoms with Crippen LogP contribution in [0.5, 0.6) is 0 Å². The maximum atomic E-state index is 12.2. The van der Waals surface area contributed by atoms with Crippen LogP contribution in [0.25, 0.3) is 0 Å². The molecule has 0 radical (unpaired) electrons. The lowest BCUT2D eigenvalue weighted by Gasteiger charge is -2.28. The van der Waals surface area contributed by atoms with Gasteiger partial charge in [0.15, 0.2) is 0 Å². The summed E-state index contributed by atoms with van der Waals surface area (Å²) < 4.78 is 29.9. The van der Waals surface area contributed by atoms with Gasteiger partial charge >= 0.3 is 5.97 Å². The molecular formula is C14H22NO5S+. The minimum Gasteiger partial charge on any atom is -0.481 e. The largest absolute Gasteiger partial charge is 0.481 e. The number of likely N-dealkylation sites (N-methyl/N-ethyl adjacent to an activating group) is 1. The third-order valence-corrected chi connectivity index (χ3v) is 4.10. The lowest BCUT2D eigenvalue weighted by atomic mass is 10.2. The summed E-state index contributed by atoms with van der Waals surface area (Å²) in [5, 5.41) is 8.90. The predicted molar refractivity (Wildman–Crippen MR) is 78.4 cm³/mol. The molecule has 0 aromatic heterocycles. The molecule has 0 bridgehead atoms. The fraction of sp³-hybridized carbons (Fsp3) is 0.500. The Hall–Kier alpha value is -1.44. The molecule has 21 heavy (non-hydrogen) atoms. The minimum atomic E-state index is -3.97. The summed E-state index contributed by atoms with van der Waals surface area (Å²) in [4.78, 5) is 10.9. The third kappa shape index (κ3) is 6.24. The predicted octanol–water partition coefficient (Wildman–Crippen LogP) is 1.25. The van der Waals surface area contributed by atoms with Gasteiger partial charge in [-0.15, -0.1) is 0 Å². The van der Waals surface area contributed by atoms with E-state index in [2.05, 4.69) is 0 Å². The lowest BCUT2D eigenvalue weighted by Crippen LogP contribution is -2.43. The number of rotatable bonds is 7. The molecule has 1 aromatic rings. The zero-order valence-corrected chi connectivity index (χ0v) is 13.6. The highest BCUT2D eigenvalue weighted by Gasteiger charge is 2.28. The minimum absolute atomic E-state index is 0.0323. The Morgan fingerprint density at radius 2 is 1.76 bits per heavy atom. The molecule has 118 valence electrons. The van der Waals surface area contributed by atoms with Gasteiger partial charge in [0.05, 0.1) is 32.5 Å². The molecule has 0 aliphatic heterocycles. The van der Waals surface area contributed by atoms with Crippen LogP contribution in [0.3, 0.4) is 0 Å². The van der Waals surface area contributed by atoms with Crippen LogP contribution >= 0.6 is 0 Å². The van der Waals surface area contributed by atoms with Gasteiger partial charge in [0.1, 0.15) is 12.6 Å². The highest BCUT2D eigenvalue weighted by molar-refractivity contribution is 7.86. The van der Waals surface area contributed by atoms with E-state index in [9.17, 15) is 13.2 Å². The van der Waals surface area contributed by atoms with Crippen LogP contribution in [0.2, 0.25) is 0 Å². The third-order valence-electron chi connectivity index (χ3n) is 2.73. The van der Waals surface area contributed by atoms with Gasteiger partial charge in [0.25, 0.3) is 10.1 Å². The topological polar surface area (TPSA) is 80.7 Å². The van der Waals surface area contributed by atoms with E-state index in [0.717, 1.165) is 5.56 Å². The number of carboxylic acids is 1. The lowest BCUT2D eigenvalue weighted by molar-refractivity contribution is -0.873. The summed E-state index contributed by atoms with van der Waals surface area (Å²) in [6.45, 7) is 2.12. The zero-order chi connectivity index (χ0) is 16.3. The first-order valence-electron chi connectivity index (χ1n) is 6.52. The Bertz CT molecular complexity index is 587. The van der Waals surface area contributed by atoms with Gasteiger partial charge < -0.3 is 9.59 Å². The molecule has 0 fully saturated rings. The van der Waals surface area contributed by atoms with Crippen molar-refractivity contribution >= 4 is 16.1 Å². The van der Waals surface area contributed by atoms with E-state index in [1.54, 1.807) is 12.1 Å². The quantitative estimate of drug-likeness (QED) is 0.605. The second kappa shape index (κ2) is 6.55. The van der Waals surface area contributed by atoms with Crippen molar-refractivity contribution in [3.05, 3.63) is 29.8 Å². The van der Waals surface area contributed by atoms with Crippen molar-refractivity contribution in [3.63, 3.8) is 0 Å². The highest BCUT2D eigenvalue weighted by Crippen LogP contribution is 2.17. The van der Waals surface area contributed by atoms with Crippen LogP contribution in [-0.4, -0.2) is 57.8 Å². The first kappa shape index (κ1) is 17.6. The van der Waals surface area contributed by atoms with Gasteiger partial charge in [0, 0.05) is 0 Å². The SMILES string of the molecule is Cc1ccc(S(=O)(=O)OC(CC(=O)O)C[N+](C)(C)C)cc1. The van der Waals surface area contributed by atoms with E-state index < -0.39 is 22.2 Å². The second-order valence-electron chi connectivity index (χ2n) is 6.06. The molecule has 1 atom stereocenters. The molecule has 1 aromatic carbocycles. The van der Waals surface area contributed by atoms with Gasteiger partial charge in [-0.25, -0.2) is 0 Å². The van der Waals surface area contributed by atoms with Crippen LogP contribution in [0.1, 0.15) is 12.0 Å². The van der Waals surface area contributed by atoms with E-state index in [0.29, 0.717) is 4.48 Å². The maximum Gasteiger partial charge on any atom is 0.306 e. The second-order valence-corrected chi connectivity index (χ2v) is 7.63. The summed E-state index contributed by atoms with van der Waals surface area (Å²) in [5.41, 5.74) is 0.933. The van der Waals surface area contributed by atoms with Gasteiger partial charge in [0.2, 0.25) is 0 Å². The van der Waals surface area contributed by atoms with E-state index in [4.69, 9.17) is 9.29 Å². The van der Waals surface area contributed by atoms with Crippen LogP contribution in [0.15, 0.2) is 29.2 Å². The van der Waals surface area contributed by atoms with Crippen LogP contribution in [-0.2, 0) is 19.1 Å². The molecule has 1 rings (SSSR count). The van der Waals surface area contributed by atoms with Gasteiger partial charge in [-0.1, -0.05) is 17.7 Å². The number of nitrogens with zero attached hydrogens (tertiary/aromatic N) is 1. The fourth-order valence-corrected chi connectivity index (χ4v) is 2.94. The summed E-state index contributed by atoms with van der Waals surface area (Å²) in [6.07, 6.45) is -1.27. The van der Waals surface area contributed by atoms with Crippen molar-refractivity contribution in [3.8, 4) is 0 Å². The van der Waals surface area contributed by atoms with Crippen LogP contribution < -0.4 is 0 Å². The Balaban J connectivity index is 2.95. The summed E-state index contributed by atoms with van der Waals surface area (Å²) in [7, 11) is 1.56. The molecule has 1 unspecified atom stereocenters. The van der Waals surface area contributed by atoms with E-state index in [1.807, 2.05) is 28.1 Å². The van der Waals surface area contributed by atoms with Gasteiger partial charge in [-0.2, -0.15) is 8.42 Å². The average molecular weight is 316 g/mol. The molecule has 6 nitrogen and oxygen atoms in total. The normalized spacial score (nSPS) is 13.9. The number of aryl methyl sites for hydroxylation is 1. The number of hydrogen-bond acceptors (Lipinski definition) is 4. The smallest absolute Gasteiger partial charge is 0.306 e. The molecule has 0 heterocycles. The Kier molecular flexibility index (Phi) is 5.49.